The first-order valence-electron chi connectivity index (χ1n) is 4.67. The van der Waals surface area contributed by atoms with Crippen LogP contribution in [0.5, 0.6) is 0 Å². The number of hydrogen-bond donors (Lipinski definition) is 2. The van der Waals surface area contributed by atoms with Gasteiger partial charge in [0, 0.05) is 6.04 Å². The molecule has 0 aliphatic carbocycles. The van der Waals surface area contributed by atoms with Crippen LogP contribution in [-0.2, 0) is 10.2 Å². The van der Waals surface area contributed by atoms with E-state index < -0.39 is 10.2 Å². The molecule has 0 radical (unpaired) electrons. The van der Waals surface area contributed by atoms with Gasteiger partial charge in [-0.3, -0.25) is 0 Å². The summed E-state index contributed by atoms with van der Waals surface area (Å²) in [5, 5.41) is 4.92. The van der Waals surface area contributed by atoms with Crippen molar-refractivity contribution >= 4 is 10.2 Å². The molecule has 0 heterocycles. The molecule has 1 rings (SSSR count). The Labute approximate surface area is 90.7 Å². The smallest absolute Gasteiger partial charge is 0.216 e. The highest BCUT2D eigenvalue weighted by atomic mass is 32.2. The predicted molar refractivity (Wildman–Crippen MR) is 60.6 cm³/mol. The fourth-order valence-electron chi connectivity index (χ4n) is 1.54. The van der Waals surface area contributed by atoms with Crippen LogP contribution in [0, 0.1) is 13.8 Å². The summed E-state index contributed by atoms with van der Waals surface area (Å²) in [5.41, 5.74) is 3.09. The van der Waals surface area contributed by atoms with E-state index in [9.17, 15) is 8.42 Å². The van der Waals surface area contributed by atoms with Gasteiger partial charge in [-0.1, -0.05) is 23.8 Å². The van der Waals surface area contributed by atoms with Crippen LogP contribution < -0.4 is 9.86 Å². The minimum Gasteiger partial charge on any atom is -0.216 e. The largest absolute Gasteiger partial charge is 0.274 e. The average molecular weight is 228 g/mol. The van der Waals surface area contributed by atoms with Gasteiger partial charge in [-0.2, -0.15) is 13.1 Å². The molecule has 0 aromatic heterocycles. The van der Waals surface area contributed by atoms with Crippen molar-refractivity contribution in [2.24, 2.45) is 5.14 Å². The fourth-order valence-corrected chi connectivity index (χ4v) is 2.16. The highest BCUT2D eigenvalue weighted by Crippen LogP contribution is 2.18. The summed E-state index contributed by atoms with van der Waals surface area (Å²) in [6.07, 6.45) is 0. The molecule has 0 aliphatic rings. The van der Waals surface area contributed by atoms with Crippen LogP contribution in [0.3, 0.4) is 0 Å². The highest BCUT2D eigenvalue weighted by molar-refractivity contribution is 7.87. The van der Waals surface area contributed by atoms with Crippen LogP contribution >= 0.6 is 0 Å². The molecule has 3 N–H and O–H groups in total. The number of nitrogens with one attached hydrogen (secondary N) is 1. The number of aryl methyl sites for hydroxylation is 2. The van der Waals surface area contributed by atoms with Crippen LogP contribution in [0.25, 0.3) is 0 Å². The Hall–Kier alpha value is -0.910. The summed E-state index contributed by atoms with van der Waals surface area (Å²) in [5.74, 6) is 0. The second-order valence-electron chi connectivity index (χ2n) is 3.74. The van der Waals surface area contributed by atoms with E-state index in [1.807, 2.05) is 32.0 Å². The van der Waals surface area contributed by atoms with Gasteiger partial charge in [0.05, 0.1) is 0 Å². The summed E-state index contributed by atoms with van der Waals surface area (Å²) in [6.45, 7) is 5.68. The lowest BCUT2D eigenvalue weighted by Gasteiger charge is -2.15. The Morgan fingerprint density at radius 2 is 1.93 bits per heavy atom. The average Bonchev–Trinajstić information content (AvgIpc) is 2.06. The maximum absolute atomic E-state index is 10.9. The molecule has 84 valence electrons. The van der Waals surface area contributed by atoms with E-state index in [4.69, 9.17) is 5.14 Å². The molecule has 15 heavy (non-hydrogen) atoms. The van der Waals surface area contributed by atoms with Crippen LogP contribution in [0.2, 0.25) is 0 Å². The second-order valence-corrected chi connectivity index (χ2v) is 5.07. The summed E-state index contributed by atoms with van der Waals surface area (Å²) in [7, 11) is -3.65. The van der Waals surface area contributed by atoms with Gasteiger partial charge in [-0.05, 0) is 31.9 Å². The lowest BCUT2D eigenvalue weighted by Crippen LogP contribution is -2.33. The molecule has 0 bridgehead atoms. The summed E-state index contributed by atoms with van der Waals surface area (Å²) >= 11 is 0. The van der Waals surface area contributed by atoms with E-state index >= 15 is 0 Å². The molecular formula is C10H16N2O2S. The molecule has 0 fully saturated rings. The van der Waals surface area contributed by atoms with Crippen LogP contribution in [0.15, 0.2) is 18.2 Å². The van der Waals surface area contributed by atoms with Crippen molar-refractivity contribution in [3.8, 4) is 0 Å². The van der Waals surface area contributed by atoms with Crippen molar-refractivity contribution in [2.45, 2.75) is 26.8 Å². The monoisotopic (exact) mass is 228 g/mol. The fraction of sp³-hybridized carbons (Fsp3) is 0.400. The van der Waals surface area contributed by atoms with Crippen molar-refractivity contribution in [1.82, 2.24) is 4.72 Å². The van der Waals surface area contributed by atoms with Gasteiger partial charge in [0.2, 0.25) is 0 Å². The van der Waals surface area contributed by atoms with Gasteiger partial charge >= 0.3 is 0 Å². The van der Waals surface area contributed by atoms with E-state index in [-0.39, 0.29) is 6.04 Å². The maximum Gasteiger partial charge on any atom is 0.274 e. The lowest BCUT2D eigenvalue weighted by molar-refractivity contribution is 0.568. The molecule has 0 spiro atoms. The molecule has 1 atom stereocenters. The summed E-state index contributed by atoms with van der Waals surface area (Å²) < 4.78 is 24.1. The zero-order valence-corrected chi connectivity index (χ0v) is 9.93. The molecule has 1 aromatic rings. The van der Waals surface area contributed by atoms with Crippen molar-refractivity contribution in [1.29, 1.82) is 0 Å². The SMILES string of the molecule is Cc1ccc(C)c(C(C)NS(N)(=O)=O)c1. The topological polar surface area (TPSA) is 72.2 Å². The number of benzene rings is 1. The van der Waals surface area contributed by atoms with Gasteiger partial charge in [0.15, 0.2) is 0 Å². The standard InChI is InChI=1S/C10H16N2O2S/c1-7-4-5-8(2)10(6-7)9(3)12-15(11,13)14/h4-6,9,12H,1-3H3,(H2,11,13,14). The second kappa shape index (κ2) is 4.30. The Morgan fingerprint density at radius 1 is 1.33 bits per heavy atom. The van der Waals surface area contributed by atoms with Gasteiger partial charge in [-0.15, -0.1) is 0 Å². The molecular weight excluding hydrogens is 212 g/mol. The van der Waals surface area contributed by atoms with E-state index in [1.54, 1.807) is 6.92 Å². The zero-order chi connectivity index (χ0) is 11.6. The van der Waals surface area contributed by atoms with Crippen LogP contribution in [-0.4, -0.2) is 8.42 Å². The molecule has 0 saturated carbocycles. The van der Waals surface area contributed by atoms with Gasteiger partial charge in [0.25, 0.3) is 10.2 Å². The first-order chi connectivity index (χ1) is 6.79. The highest BCUT2D eigenvalue weighted by Gasteiger charge is 2.13. The minimum atomic E-state index is -3.65. The number of hydrogen-bond acceptors (Lipinski definition) is 2. The molecule has 4 nitrogen and oxygen atoms in total. The molecule has 5 heteroatoms. The maximum atomic E-state index is 10.9. The van der Waals surface area contributed by atoms with E-state index in [2.05, 4.69) is 4.72 Å². The van der Waals surface area contributed by atoms with Crippen LogP contribution in [0.4, 0.5) is 0 Å². The summed E-state index contributed by atoms with van der Waals surface area (Å²) in [6, 6.07) is 5.60. The van der Waals surface area contributed by atoms with Crippen molar-refractivity contribution < 1.29 is 8.42 Å². The van der Waals surface area contributed by atoms with Gasteiger partial charge in [0.1, 0.15) is 0 Å². The van der Waals surface area contributed by atoms with Crippen LogP contribution in [0.1, 0.15) is 29.7 Å². The van der Waals surface area contributed by atoms with Crippen molar-refractivity contribution in [3.05, 3.63) is 34.9 Å². The van der Waals surface area contributed by atoms with Crippen molar-refractivity contribution in [2.75, 3.05) is 0 Å². The number of nitrogens with two attached hydrogens (primary N) is 1. The lowest BCUT2D eigenvalue weighted by atomic mass is 10.0. The first kappa shape index (κ1) is 12.2. The van der Waals surface area contributed by atoms with E-state index in [0.717, 1.165) is 16.7 Å². The van der Waals surface area contributed by atoms with Gasteiger partial charge < -0.3 is 0 Å². The quantitative estimate of drug-likeness (QED) is 0.814. The Bertz CT molecular complexity index is 454. The van der Waals surface area contributed by atoms with Crippen molar-refractivity contribution in [3.63, 3.8) is 0 Å². The molecule has 0 amide bonds. The normalized spacial score (nSPS) is 13.9. The Balaban J connectivity index is 3.00. The number of rotatable bonds is 3. The molecule has 0 saturated heterocycles. The molecule has 1 aromatic carbocycles. The molecule has 1 unspecified atom stereocenters. The first-order valence-corrected chi connectivity index (χ1v) is 6.21. The summed E-state index contributed by atoms with van der Waals surface area (Å²) in [4.78, 5) is 0. The van der Waals surface area contributed by atoms with E-state index in [1.165, 1.54) is 0 Å². The Kier molecular flexibility index (Phi) is 3.49. The van der Waals surface area contributed by atoms with E-state index in [0.29, 0.717) is 0 Å². The third-order valence-corrected chi connectivity index (χ3v) is 2.92. The third kappa shape index (κ3) is 3.62. The zero-order valence-electron chi connectivity index (χ0n) is 9.11. The Morgan fingerprint density at radius 3 is 2.47 bits per heavy atom. The minimum absolute atomic E-state index is 0.306. The predicted octanol–water partition coefficient (Wildman–Crippen LogP) is 1.16. The van der Waals surface area contributed by atoms with Gasteiger partial charge in [-0.25, -0.2) is 5.14 Å². The molecule has 0 aliphatic heterocycles. The third-order valence-electron chi connectivity index (χ3n) is 2.24.